The molecule has 7 heteroatoms. The van der Waals surface area contributed by atoms with Gasteiger partial charge in [0, 0.05) is 38.8 Å². The molecule has 2 fully saturated rings. The molecule has 0 aliphatic carbocycles. The van der Waals surface area contributed by atoms with E-state index in [1.165, 1.54) is 25.7 Å². The van der Waals surface area contributed by atoms with Crippen LogP contribution in [0.15, 0.2) is 4.99 Å². The molecule has 2 heterocycles. The summed E-state index contributed by atoms with van der Waals surface area (Å²) in [6, 6.07) is 0.502. The zero-order valence-electron chi connectivity index (χ0n) is 17.5. The monoisotopic (exact) mass is 496 g/mol. The molecule has 2 atom stereocenters. The quantitative estimate of drug-likeness (QED) is 0.277. The van der Waals surface area contributed by atoms with Gasteiger partial charge >= 0.3 is 0 Å². The number of nitrogens with one attached hydrogen (secondary N) is 2. The molecule has 0 spiro atoms. The molecule has 2 rings (SSSR count). The van der Waals surface area contributed by atoms with Gasteiger partial charge in [0.1, 0.15) is 0 Å². The van der Waals surface area contributed by atoms with Gasteiger partial charge < -0.3 is 20.1 Å². The van der Waals surface area contributed by atoms with Crippen LogP contribution >= 0.6 is 24.0 Å². The molecule has 6 nitrogen and oxygen atoms in total. The Hall–Kier alpha value is -0.120. The lowest BCUT2D eigenvalue weighted by Crippen LogP contribution is -2.49. The van der Waals surface area contributed by atoms with Crippen molar-refractivity contribution in [1.82, 2.24) is 15.5 Å². The molecule has 2 aliphatic heterocycles. The van der Waals surface area contributed by atoms with E-state index in [4.69, 9.17) is 14.5 Å². The average molecular weight is 496 g/mol. The molecule has 27 heavy (non-hydrogen) atoms. The summed E-state index contributed by atoms with van der Waals surface area (Å²) in [6.07, 6.45) is 6.30. The second kappa shape index (κ2) is 14.8. The minimum Gasteiger partial charge on any atom is -0.379 e. The van der Waals surface area contributed by atoms with Gasteiger partial charge in [-0.05, 0) is 32.1 Å². The molecule has 2 saturated heterocycles. The number of nitrogens with zero attached hydrogens (tertiary/aromatic N) is 2. The van der Waals surface area contributed by atoms with Gasteiger partial charge in [0.25, 0.3) is 0 Å². The highest BCUT2D eigenvalue weighted by atomic mass is 127. The van der Waals surface area contributed by atoms with Gasteiger partial charge in [-0.1, -0.05) is 26.7 Å². The fourth-order valence-corrected chi connectivity index (χ4v) is 4.05. The third-order valence-corrected chi connectivity index (χ3v) is 5.67. The summed E-state index contributed by atoms with van der Waals surface area (Å²) in [4.78, 5) is 7.52. The summed E-state index contributed by atoms with van der Waals surface area (Å²) >= 11 is 0. The summed E-state index contributed by atoms with van der Waals surface area (Å²) < 4.78 is 11.3. The first-order valence-corrected chi connectivity index (χ1v) is 10.7. The summed E-state index contributed by atoms with van der Waals surface area (Å²) in [7, 11) is 0. The lowest BCUT2D eigenvalue weighted by atomic mass is 9.92. The molecule has 0 saturated carbocycles. The number of aliphatic imine (C=N–C) groups is 1. The van der Waals surface area contributed by atoms with Gasteiger partial charge in [-0.2, -0.15) is 0 Å². The number of morpholine rings is 1. The van der Waals surface area contributed by atoms with Crippen molar-refractivity contribution < 1.29 is 9.47 Å². The van der Waals surface area contributed by atoms with Crippen LogP contribution in [0.2, 0.25) is 0 Å². The number of halogens is 1. The Bertz CT molecular complexity index is 395. The summed E-state index contributed by atoms with van der Waals surface area (Å²) in [5.74, 6) is 1.63. The number of guanidine groups is 1. The van der Waals surface area contributed by atoms with E-state index < -0.39 is 0 Å². The molecule has 2 aliphatic rings. The van der Waals surface area contributed by atoms with Crippen LogP contribution in [0.5, 0.6) is 0 Å². The van der Waals surface area contributed by atoms with E-state index in [2.05, 4.69) is 36.3 Å². The molecule has 2 N–H and O–H groups in total. The summed E-state index contributed by atoms with van der Waals surface area (Å²) in [5, 5.41) is 6.89. The highest BCUT2D eigenvalue weighted by Gasteiger charge is 2.26. The lowest BCUT2D eigenvalue weighted by Gasteiger charge is -2.38. The fourth-order valence-electron chi connectivity index (χ4n) is 4.05. The second-order valence-corrected chi connectivity index (χ2v) is 7.36. The van der Waals surface area contributed by atoms with Crippen LogP contribution in [0.1, 0.15) is 52.9 Å². The topological polar surface area (TPSA) is 58.1 Å². The molecule has 0 amide bonds. The van der Waals surface area contributed by atoms with E-state index >= 15 is 0 Å². The van der Waals surface area contributed by atoms with Crippen LogP contribution in [0.4, 0.5) is 0 Å². The van der Waals surface area contributed by atoms with Gasteiger partial charge in [0.05, 0.1) is 25.9 Å². The van der Waals surface area contributed by atoms with E-state index in [1.807, 2.05) is 0 Å². The minimum absolute atomic E-state index is 0. The molecule has 0 bridgehead atoms. The predicted octanol–water partition coefficient (Wildman–Crippen LogP) is 2.87. The number of rotatable bonds is 10. The molecular formula is C20H41IN4O2. The van der Waals surface area contributed by atoms with Gasteiger partial charge in [0.2, 0.25) is 0 Å². The summed E-state index contributed by atoms with van der Waals surface area (Å²) in [5.41, 5.74) is 0. The fraction of sp³-hybridized carbons (Fsp3) is 0.950. The van der Waals surface area contributed by atoms with E-state index in [0.717, 1.165) is 64.9 Å². The van der Waals surface area contributed by atoms with Crippen LogP contribution in [0, 0.1) is 5.92 Å². The van der Waals surface area contributed by atoms with E-state index in [1.54, 1.807) is 0 Å². The van der Waals surface area contributed by atoms with Crippen molar-refractivity contribution in [2.24, 2.45) is 10.9 Å². The number of hydrogen-bond donors (Lipinski definition) is 2. The highest BCUT2D eigenvalue weighted by Crippen LogP contribution is 2.20. The highest BCUT2D eigenvalue weighted by molar-refractivity contribution is 14.0. The molecular weight excluding hydrogens is 455 g/mol. The van der Waals surface area contributed by atoms with Gasteiger partial charge in [-0.25, -0.2) is 0 Å². The predicted molar refractivity (Wildman–Crippen MR) is 123 cm³/mol. The maximum absolute atomic E-state index is 5.71. The van der Waals surface area contributed by atoms with E-state index in [0.29, 0.717) is 18.1 Å². The van der Waals surface area contributed by atoms with Gasteiger partial charge in [-0.15, -0.1) is 24.0 Å². The van der Waals surface area contributed by atoms with E-state index in [-0.39, 0.29) is 24.0 Å². The molecule has 160 valence electrons. The average Bonchev–Trinajstić information content (AvgIpc) is 3.19. The van der Waals surface area contributed by atoms with Gasteiger partial charge in [0.15, 0.2) is 5.96 Å². The van der Waals surface area contributed by atoms with Crippen molar-refractivity contribution in [3.8, 4) is 0 Å². The maximum Gasteiger partial charge on any atom is 0.191 e. The summed E-state index contributed by atoms with van der Waals surface area (Å²) in [6.45, 7) is 14.1. The van der Waals surface area contributed by atoms with Crippen molar-refractivity contribution in [1.29, 1.82) is 0 Å². The lowest BCUT2D eigenvalue weighted by molar-refractivity contribution is 0.00395. The zero-order valence-corrected chi connectivity index (χ0v) is 19.9. The molecule has 0 aromatic heterocycles. The Morgan fingerprint density at radius 2 is 1.85 bits per heavy atom. The standard InChI is InChI=1S/C20H40N4O2.HI/c1-4-17(5-2)19(24-11-14-25-15-12-24)16-23-20(21-6-3)22-10-9-18-8-7-13-26-18;/h17-19H,4-16H2,1-3H3,(H2,21,22,23);1H. The molecule has 0 aromatic carbocycles. The largest absolute Gasteiger partial charge is 0.379 e. The Kier molecular flexibility index (Phi) is 13.7. The van der Waals surface area contributed by atoms with Gasteiger partial charge in [-0.3, -0.25) is 9.89 Å². The number of hydrogen-bond acceptors (Lipinski definition) is 4. The van der Waals surface area contributed by atoms with Crippen molar-refractivity contribution in [2.45, 2.75) is 65.0 Å². The Morgan fingerprint density at radius 3 is 2.44 bits per heavy atom. The second-order valence-electron chi connectivity index (χ2n) is 7.36. The Balaban J connectivity index is 0.00000364. The van der Waals surface area contributed by atoms with Crippen LogP contribution < -0.4 is 10.6 Å². The smallest absolute Gasteiger partial charge is 0.191 e. The first-order chi connectivity index (χ1) is 12.8. The first kappa shape index (κ1) is 24.9. The first-order valence-electron chi connectivity index (χ1n) is 10.7. The van der Waals surface area contributed by atoms with Crippen LogP contribution in [-0.4, -0.2) is 75.5 Å². The van der Waals surface area contributed by atoms with Crippen molar-refractivity contribution >= 4 is 29.9 Å². The Morgan fingerprint density at radius 1 is 1.11 bits per heavy atom. The SMILES string of the molecule is CCNC(=NCC(C(CC)CC)N1CCOCC1)NCCC1CCCO1.I. The van der Waals surface area contributed by atoms with Crippen molar-refractivity contribution in [2.75, 3.05) is 52.5 Å². The number of ether oxygens (including phenoxy) is 2. The third kappa shape index (κ3) is 8.83. The minimum atomic E-state index is 0. The van der Waals surface area contributed by atoms with Crippen molar-refractivity contribution in [3.63, 3.8) is 0 Å². The Labute approximate surface area is 183 Å². The molecule has 2 unspecified atom stereocenters. The molecule has 0 radical (unpaired) electrons. The van der Waals surface area contributed by atoms with Crippen molar-refractivity contribution in [3.05, 3.63) is 0 Å². The van der Waals surface area contributed by atoms with Crippen LogP contribution in [0.25, 0.3) is 0 Å². The van der Waals surface area contributed by atoms with E-state index in [9.17, 15) is 0 Å². The van der Waals surface area contributed by atoms with Crippen LogP contribution in [-0.2, 0) is 9.47 Å². The van der Waals surface area contributed by atoms with Crippen LogP contribution in [0.3, 0.4) is 0 Å². The third-order valence-electron chi connectivity index (χ3n) is 5.67. The normalized spacial score (nSPS) is 22.5. The maximum atomic E-state index is 5.71. The molecule has 0 aromatic rings. The zero-order chi connectivity index (χ0) is 18.6.